The second-order valence-corrected chi connectivity index (χ2v) is 28.4. The summed E-state index contributed by atoms with van der Waals surface area (Å²) in [6.45, 7) is 7.60. The normalized spacial score (nSPS) is 15.6. The number of aromatic nitrogens is 1. The van der Waals surface area contributed by atoms with E-state index in [1.807, 2.05) is 0 Å². The molecule has 43 heteroatoms. The highest BCUT2D eigenvalue weighted by molar-refractivity contribution is 6.01. The van der Waals surface area contributed by atoms with Crippen LogP contribution in [0.5, 0.6) is 0 Å². The first kappa shape index (κ1) is 96.7. The molecule has 636 valence electrons. The number of nitrogens with zero attached hydrogens (tertiary/aromatic N) is 4. The second-order valence-electron chi connectivity index (χ2n) is 28.4. The van der Waals surface area contributed by atoms with E-state index in [0.717, 1.165) is 0 Å². The van der Waals surface area contributed by atoms with Crippen molar-refractivity contribution >= 4 is 118 Å². The molecule has 0 bridgehead atoms. The number of aromatic amines is 1. The minimum Gasteiger partial charge on any atom is -0.481 e. The number of carbonyl (C=O) groups excluding carboxylic acids is 13. The van der Waals surface area contributed by atoms with Crippen LogP contribution < -0.4 is 116 Å². The molecule has 1 fully saturated rings. The van der Waals surface area contributed by atoms with Gasteiger partial charge in [-0.3, -0.25) is 82.1 Å². The summed E-state index contributed by atoms with van der Waals surface area (Å²) in [4.78, 5) is 223. The summed E-state index contributed by atoms with van der Waals surface area (Å²) in [5.41, 5.74) is 62.7. The molecule has 1 saturated heterocycles. The van der Waals surface area contributed by atoms with Gasteiger partial charge in [-0.05, 0) is 139 Å². The van der Waals surface area contributed by atoms with Crippen LogP contribution in [0.15, 0.2) is 45.4 Å². The third kappa shape index (κ3) is 35.0. The molecule has 35 N–H and O–H groups in total. The number of aliphatic carboxylic acids is 2. The number of unbranched alkanes of at least 4 members (excludes halogenated alkanes) is 2. The Labute approximate surface area is 660 Å². The average Bonchev–Trinajstić information content (AvgIpc) is 1.66. The number of nitrogens with one attached hydrogen (secondary N) is 11. The number of fused-ring (bicyclic) bond motifs is 1. The maximum Gasteiger partial charge on any atom is 0.326 e. The van der Waals surface area contributed by atoms with Gasteiger partial charge >= 0.3 is 11.9 Å². The van der Waals surface area contributed by atoms with Gasteiger partial charge in [0.25, 0.3) is 0 Å². The van der Waals surface area contributed by atoms with Gasteiger partial charge in [-0.1, -0.05) is 52.3 Å². The molecule has 2 heterocycles. The van der Waals surface area contributed by atoms with Gasteiger partial charge in [-0.15, -0.1) is 0 Å². The van der Waals surface area contributed by atoms with Crippen molar-refractivity contribution in [1.82, 2.24) is 63.1 Å². The Bertz CT molecular complexity index is 3670. The zero-order valence-corrected chi connectivity index (χ0v) is 65.2. The maximum absolute atomic E-state index is 15.0. The summed E-state index contributed by atoms with van der Waals surface area (Å²) in [6, 6.07) is -11.2. The quantitative estimate of drug-likeness (QED) is 0.0166. The molecule has 13 atom stereocenters. The minimum atomic E-state index is -2.07. The molecule has 1 aliphatic rings. The number of hydrogen-bond donors (Lipinski definition) is 24. The summed E-state index contributed by atoms with van der Waals surface area (Å²) in [5.74, 6) is -17.2. The number of primary amides is 2. The summed E-state index contributed by atoms with van der Waals surface area (Å²) in [7, 11) is 0. The number of likely N-dealkylation sites (tertiary alicyclic amines) is 1. The molecule has 0 unspecified atom stereocenters. The second kappa shape index (κ2) is 50.5. The smallest absolute Gasteiger partial charge is 0.326 e. The van der Waals surface area contributed by atoms with E-state index in [0.29, 0.717) is 48.6 Å². The van der Waals surface area contributed by atoms with Crippen LogP contribution in [0.4, 0.5) is 0 Å². The van der Waals surface area contributed by atoms with E-state index < -0.39 is 193 Å². The molecular weight excluding hydrogens is 1490 g/mol. The van der Waals surface area contributed by atoms with Crippen molar-refractivity contribution in [2.45, 2.75) is 235 Å². The largest absolute Gasteiger partial charge is 0.481 e. The molecule has 13 amide bonds. The van der Waals surface area contributed by atoms with Gasteiger partial charge in [0.05, 0.1) is 18.9 Å². The first-order valence-corrected chi connectivity index (χ1v) is 38.1. The standard InChI is InChI=1S/C71H120N26O17/c1-5-38(4)56(96-60(105)45(21-13-29-84-70(79)80)87-57(102)41(74)17-12-28-83-69(77)78)66(111)90-46(22-14-30-85-71(81)82)67(112)97-31-15-23-52(97)65(110)89-44(20-9-11-27-73)59(104)92-48(32-37(2)3)61(106)88-43(19-8-10-26-72)58(103)93-49(33-39-36-86-42-18-7-6-16-40(39)42)62(107)95-51(35-55(100)101)64(109)94-50(34-54(76)99)63(108)91-47(68(113)114)24-25-53(75)98/h6-7,16,18,36-38,41,43-52,56,86H,5,8-15,17,19-35,72-74H2,1-4H3,(H2,75,98)(H2,76,99)(H,87,102)(H,88,106)(H,89,110)(H,90,111)(H,91,108)(H,92,104)(H,93,103)(H,94,109)(H,95,107)(H,96,105)(H,100,101)(H,113,114)(H4,77,78,83)(H4,79,80,84)(H4,81,82,85)/t38-,41-,43-,44-,45-,46-,47-,48-,49-,50-,51-,52-,56-/m0/s1. The first-order chi connectivity index (χ1) is 53.9. The van der Waals surface area contributed by atoms with Crippen LogP contribution in [0.1, 0.15) is 162 Å². The maximum atomic E-state index is 15.0. The van der Waals surface area contributed by atoms with Crippen LogP contribution >= 0.6 is 0 Å². The van der Waals surface area contributed by atoms with Gasteiger partial charge in [0.15, 0.2) is 17.9 Å². The van der Waals surface area contributed by atoms with Gasteiger partial charge in [0, 0.05) is 56.1 Å². The lowest BCUT2D eigenvalue weighted by molar-refractivity contribution is -0.144. The van der Waals surface area contributed by atoms with Gasteiger partial charge in [0.2, 0.25) is 76.8 Å². The topological polar surface area (TPSA) is 759 Å². The van der Waals surface area contributed by atoms with Gasteiger partial charge in [-0.2, -0.15) is 0 Å². The van der Waals surface area contributed by atoms with Crippen molar-refractivity contribution in [3.05, 3.63) is 36.0 Å². The number of carbonyl (C=O) groups is 15. The van der Waals surface area contributed by atoms with Gasteiger partial charge in [-0.25, -0.2) is 4.79 Å². The number of para-hydroxylation sites is 1. The molecule has 2 aromatic rings. The molecule has 0 radical (unpaired) electrons. The molecule has 3 rings (SSSR count). The fourth-order valence-corrected chi connectivity index (χ4v) is 12.4. The molecule has 1 aromatic carbocycles. The Morgan fingerprint density at radius 2 is 0.947 bits per heavy atom. The molecule has 0 spiro atoms. The zero-order chi connectivity index (χ0) is 85.3. The fourth-order valence-electron chi connectivity index (χ4n) is 12.4. The number of nitrogens with two attached hydrogens (primary N) is 11. The van der Waals surface area contributed by atoms with E-state index in [-0.39, 0.29) is 140 Å². The Balaban J connectivity index is 2.02. The number of H-pyrrole nitrogens is 1. The molecule has 0 aliphatic carbocycles. The molecule has 1 aromatic heterocycles. The number of hydrogen-bond acceptors (Lipinski definition) is 21. The third-order valence-corrected chi connectivity index (χ3v) is 18.7. The number of guanidine groups is 3. The van der Waals surface area contributed by atoms with Crippen LogP contribution in [0.25, 0.3) is 10.9 Å². The molecule has 0 saturated carbocycles. The number of carboxylic acid groups (broad SMARTS) is 2. The molecule has 43 nitrogen and oxygen atoms in total. The van der Waals surface area contributed by atoms with E-state index in [4.69, 9.17) is 63.1 Å². The number of rotatable bonds is 55. The van der Waals surface area contributed by atoms with Gasteiger partial charge < -0.3 is 136 Å². The summed E-state index contributed by atoms with van der Waals surface area (Å²) in [6.07, 6.45) is 0.515. The fraction of sp³-hybridized carbons (Fsp3) is 0.634. The Kier molecular flexibility index (Phi) is 42.8. The van der Waals surface area contributed by atoms with Crippen molar-refractivity contribution in [1.29, 1.82) is 0 Å². The van der Waals surface area contributed by atoms with Crippen LogP contribution in [-0.2, 0) is 78.3 Å². The van der Waals surface area contributed by atoms with Crippen LogP contribution in [-0.4, -0.2) is 238 Å². The van der Waals surface area contributed by atoms with E-state index in [9.17, 15) is 77.3 Å². The highest BCUT2D eigenvalue weighted by Crippen LogP contribution is 2.23. The van der Waals surface area contributed by atoms with E-state index in [1.165, 1.54) is 11.1 Å². The summed E-state index contributed by atoms with van der Waals surface area (Å²) < 4.78 is 0. The minimum absolute atomic E-state index is 0.00226. The van der Waals surface area contributed by atoms with E-state index in [1.54, 1.807) is 52.0 Å². The van der Waals surface area contributed by atoms with E-state index >= 15 is 4.79 Å². The lowest BCUT2D eigenvalue weighted by atomic mass is 9.96. The van der Waals surface area contributed by atoms with Crippen molar-refractivity contribution in [3.63, 3.8) is 0 Å². The third-order valence-electron chi connectivity index (χ3n) is 18.7. The monoisotopic (exact) mass is 1610 g/mol. The van der Waals surface area contributed by atoms with Crippen LogP contribution in [0, 0.1) is 11.8 Å². The first-order valence-electron chi connectivity index (χ1n) is 38.1. The lowest BCUT2D eigenvalue weighted by Gasteiger charge is -2.32. The van der Waals surface area contributed by atoms with Gasteiger partial charge in [0.1, 0.15) is 66.5 Å². The van der Waals surface area contributed by atoms with Crippen molar-refractivity contribution in [3.8, 4) is 0 Å². The van der Waals surface area contributed by atoms with Crippen LogP contribution in [0.2, 0.25) is 0 Å². The van der Waals surface area contributed by atoms with Crippen molar-refractivity contribution in [2.75, 3.05) is 39.3 Å². The number of aliphatic imine (C=N–C) groups is 3. The molecule has 1 aliphatic heterocycles. The Hall–Kier alpha value is -11.5. The lowest BCUT2D eigenvalue weighted by Crippen LogP contribution is -2.61. The number of carboxylic acids is 2. The zero-order valence-electron chi connectivity index (χ0n) is 65.2. The Morgan fingerprint density at radius 1 is 0.500 bits per heavy atom. The summed E-state index contributed by atoms with van der Waals surface area (Å²) in [5, 5.41) is 46.0. The van der Waals surface area contributed by atoms with Crippen LogP contribution in [0.3, 0.4) is 0 Å². The van der Waals surface area contributed by atoms with Crippen molar-refractivity contribution in [2.24, 2.45) is 89.9 Å². The average molecular weight is 1610 g/mol. The number of benzene rings is 1. The highest BCUT2D eigenvalue weighted by Gasteiger charge is 2.42. The van der Waals surface area contributed by atoms with E-state index in [2.05, 4.69) is 73.1 Å². The summed E-state index contributed by atoms with van der Waals surface area (Å²) >= 11 is 0. The molecule has 114 heavy (non-hydrogen) atoms. The highest BCUT2D eigenvalue weighted by atomic mass is 16.4. The predicted molar refractivity (Wildman–Crippen MR) is 421 cm³/mol. The predicted octanol–water partition coefficient (Wildman–Crippen LogP) is -6.91. The SMILES string of the molecule is CC[C@H](C)[C@H](NC(=O)[C@H](CCCN=C(N)N)NC(=O)[C@@H](N)CCCN=C(N)N)C(=O)N[C@@H](CCCN=C(N)N)C(=O)N1CCC[C@H]1C(=O)N[C@@H](CCCCN)C(=O)N[C@@H](CC(C)C)C(=O)N[C@@H](CCCCN)C(=O)N[C@@H](Cc1c[nH]c2ccccc12)C(=O)N[C@@H](CC(=O)O)C(=O)N[C@@H](CC(N)=O)C(=O)N[C@@H](CCC(N)=O)C(=O)O. The number of amides is 13. The Morgan fingerprint density at radius 3 is 1.46 bits per heavy atom. The molecular formula is C71H120N26O17. The van der Waals surface area contributed by atoms with Crippen molar-refractivity contribution < 1.29 is 82.1 Å².